The molecule has 0 spiro atoms. The molecule has 358 valence electrons. The van der Waals surface area contributed by atoms with Crippen LogP contribution in [0.25, 0.3) is 0 Å². The standard InChI is InChI=1S/C41H71N15O8/c1-4-9-28(34(59)53-30(20-25-13-15-26(57)16-14-25)36(61)54-31(21-42)39(64)55(23-33(44)58)22-24(3)5-2)51-35(60)29(11-7-18-50-41(47)48)52-37(62)32-12-8-19-56(32)38(63)27(43)10-6-17-49-40(45)46/h13-16,24,27-32,57H,4-12,17-23,42-43H2,1-3H3,(H2,44,58)(H,51,60)(H,52,62)(H,53,59)(H,54,61)(H4,45,46,49)(H4,47,48,50)/t24?,27-,28-,29-,30-,31-,32-/m0/s1. The number of aliphatic imine (C=N–C) groups is 2. The van der Waals surface area contributed by atoms with Gasteiger partial charge < -0.3 is 76.3 Å². The average molecular weight is 902 g/mol. The van der Waals surface area contributed by atoms with Crippen molar-refractivity contribution in [1.29, 1.82) is 0 Å². The predicted molar refractivity (Wildman–Crippen MR) is 241 cm³/mol. The Balaban J connectivity index is 2.36. The number of phenols is 1. The molecule has 0 saturated carbocycles. The van der Waals surface area contributed by atoms with Crippen molar-refractivity contribution in [1.82, 2.24) is 31.1 Å². The molecule has 1 fully saturated rings. The maximum absolute atomic E-state index is 14.1. The van der Waals surface area contributed by atoms with Gasteiger partial charge >= 0.3 is 0 Å². The summed E-state index contributed by atoms with van der Waals surface area (Å²) in [5.41, 5.74) is 39.9. The van der Waals surface area contributed by atoms with Crippen LogP contribution >= 0.6 is 0 Å². The van der Waals surface area contributed by atoms with Crippen LogP contribution in [0.15, 0.2) is 34.3 Å². The molecule has 1 saturated heterocycles. The molecule has 19 N–H and O–H groups in total. The SMILES string of the molecule is CCC[C@H](NC(=O)[C@H](CCCN=C(N)N)NC(=O)[C@@H]1CCCN1C(=O)[C@@H](N)CCCN=C(N)N)C(=O)N[C@@H](Cc1ccc(O)cc1)C(=O)N[C@@H](CN)C(=O)N(CC(N)=O)CC(C)CC. The topological polar surface area (TPSA) is 401 Å². The number of carbonyl (C=O) groups is 7. The van der Waals surface area contributed by atoms with Crippen molar-refractivity contribution >= 4 is 53.3 Å². The minimum absolute atomic E-state index is 0.000649. The number of rotatable bonds is 28. The average Bonchev–Trinajstić information content (AvgIpc) is 3.74. The van der Waals surface area contributed by atoms with E-state index < -0.39 is 84.1 Å². The summed E-state index contributed by atoms with van der Waals surface area (Å²) in [4.78, 5) is 105. The molecule has 1 aromatic carbocycles. The predicted octanol–water partition coefficient (Wildman–Crippen LogP) is -3.58. The Bertz CT molecular complexity index is 1770. The zero-order chi connectivity index (χ0) is 47.9. The lowest BCUT2D eigenvalue weighted by atomic mass is 10.0. The largest absolute Gasteiger partial charge is 0.508 e. The van der Waals surface area contributed by atoms with Crippen LogP contribution in [-0.4, -0.2) is 144 Å². The van der Waals surface area contributed by atoms with Crippen molar-refractivity contribution < 1.29 is 38.7 Å². The molecule has 64 heavy (non-hydrogen) atoms. The second kappa shape index (κ2) is 27.7. The fourth-order valence-electron chi connectivity index (χ4n) is 7.02. The monoisotopic (exact) mass is 902 g/mol. The Morgan fingerprint density at radius 1 is 0.797 bits per heavy atom. The number of amides is 7. The van der Waals surface area contributed by atoms with Gasteiger partial charge in [0.25, 0.3) is 0 Å². The molecular weight excluding hydrogens is 831 g/mol. The number of nitrogens with two attached hydrogens (primary N) is 7. The third kappa shape index (κ3) is 18.6. The van der Waals surface area contributed by atoms with Gasteiger partial charge in [-0.05, 0) is 68.6 Å². The molecule has 1 heterocycles. The van der Waals surface area contributed by atoms with Crippen LogP contribution < -0.4 is 61.4 Å². The summed E-state index contributed by atoms with van der Waals surface area (Å²) in [6, 6.07) is -0.941. The number of likely N-dealkylation sites (tertiary alicyclic amines) is 1. The van der Waals surface area contributed by atoms with Gasteiger partial charge in [0.15, 0.2) is 11.9 Å². The van der Waals surface area contributed by atoms with Crippen molar-refractivity contribution in [3.63, 3.8) is 0 Å². The van der Waals surface area contributed by atoms with Gasteiger partial charge in [0.05, 0.1) is 12.6 Å². The number of aromatic hydroxyl groups is 1. The van der Waals surface area contributed by atoms with Crippen LogP contribution in [0, 0.1) is 5.92 Å². The molecule has 0 radical (unpaired) electrons. The smallest absolute Gasteiger partial charge is 0.246 e. The van der Waals surface area contributed by atoms with E-state index in [9.17, 15) is 38.7 Å². The van der Waals surface area contributed by atoms with Crippen molar-refractivity contribution in [3.05, 3.63) is 29.8 Å². The van der Waals surface area contributed by atoms with Gasteiger partial charge in [-0.3, -0.25) is 43.5 Å². The van der Waals surface area contributed by atoms with Gasteiger partial charge in [0.1, 0.15) is 36.0 Å². The third-order valence-electron chi connectivity index (χ3n) is 10.7. The zero-order valence-electron chi connectivity index (χ0n) is 37.3. The minimum atomic E-state index is -1.33. The number of carbonyl (C=O) groups excluding carboxylic acids is 7. The van der Waals surface area contributed by atoms with E-state index in [4.69, 9.17) is 40.1 Å². The van der Waals surface area contributed by atoms with Gasteiger partial charge in [-0.1, -0.05) is 45.7 Å². The molecule has 1 unspecified atom stereocenters. The summed E-state index contributed by atoms with van der Waals surface area (Å²) in [5.74, 6) is -4.94. The second-order valence-electron chi connectivity index (χ2n) is 16.0. The van der Waals surface area contributed by atoms with E-state index in [1.54, 1.807) is 19.1 Å². The summed E-state index contributed by atoms with van der Waals surface area (Å²) in [5, 5.41) is 20.7. The Kier molecular flexibility index (Phi) is 23.4. The Labute approximate surface area is 374 Å². The van der Waals surface area contributed by atoms with E-state index in [-0.39, 0.29) is 88.4 Å². The van der Waals surface area contributed by atoms with Crippen LogP contribution in [0.3, 0.4) is 0 Å². The highest BCUT2D eigenvalue weighted by atomic mass is 16.3. The molecule has 7 atom stereocenters. The third-order valence-corrected chi connectivity index (χ3v) is 10.7. The number of hydrogen-bond donors (Lipinski definition) is 12. The van der Waals surface area contributed by atoms with E-state index in [2.05, 4.69) is 31.3 Å². The van der Waals surface area contributed by atoms with Gasteiger partial charge in [0.2, 0.25) is 41.4 Å². The van der Waals surface area contributed by atoms with Crippen molar-refractivity contribution in [3.8, 4) is 5.75 Å². The summed E-state index contributed by atoms with van der Waals surface area (Å²) in [6.45, 7) is 5.72. The van der Waals surface area contributed by atoms with E-state index in [1.807, 2.05) is 13.8 Å². The summed E-state index contributed by atoms with van der Waals surface area (Å²) in [7, 11) is 0. The van der Waals surface area contributed by atoms with Crippen LogP contribution in [-0.2, 0) is 40.0 Å². The van der Waals surface area contributed by atoms with Crippen LogP contribution in [0.2, 0.25) is 0 Å². The number of nitrogens with zero attached hydrogens (tertiary/aromatic N) is 4. The van der Waals surface area contributed by atoms with E-state index in [0.717, 1.165) is 0 Å². The van der Waals surface area contributed by atoms with E-state index in [1.165, 1.54) is 21.9 Å². The fraction of sp³-hybridized carbons (Fsp3) is 0.634. The summed E-state index contributed by atoms with van der Waals surface area (Å²) >= 11 is 0. The Hall–Kier alpha value is -6.23. The molecule has 23 heteroatoms. The quantitative estimate of drug-likeness (QED) is 0.0220. The lowest BCUT2D eigenvalue weighted by Crippen LogP contribution is -2.60. The number of phenolic OH excluding ortho intramolecular Hbond substituents is 1. The Morgan fingerprint density at radius 2 is 1.34 bits per heavy atom. The molecule has 1 aliphatic rings. The highest BCUT2D eigenvalue weighted by molar-refractivity contribution is 5.97. The van der Waals surface area contributed by atoms with Crippen LogP contribution in [0.1, 0.15) is 84.1 Å². The minimum Gasteiger partial charge on any atom is -0.508 e. The number of guanidine groups is 2. The molecule has 1 aromatic rings. The maximum atomic E-state index is 14.1. The zero-order valence-corrected chi connectivity index (χ0v) is 37.3. The first-order valence-corrected chi connectivity index (χ1v) is 21.7. The molecule has 7 amide bonds. The summed E-state index contributed by atoms with van der Waals surface area (Å²) < 4.78 is 0. The molecule has 1 aliphatic heterocycles. The number of primary amides is 1. The summed E-state index contributed by atoms with van der Waals surface area (Å²) in [6.07, 6.45) is 2.97. The highest BCUT2D eigenvalue weighted by Crippen LogP contribution is 2.20. The Morgan fingerprint density at radius 3 is 1.89 bits per heavy atom. The molecular formula is C41H71N15O8. The highest BCUT2D eigenvalue weighted by Gasteiger charge is 2.38. The fourth-order valence-corrected chi connectivity index (χ4v) is 7.02. The van der Waals surface area contributed by atoms with Gasteiger partial charge in [-0.15, -0.1) is 0 Å². The molecule has 2 rings (SSSR count). The molecule has 0 aromatic heterocycles. The van der Waals surface area contributed by atoms with Gasteiger partial charge in [-0.2, -0.15) is 0 Å². The van der Waals surface area contributed by atoms with Crippen LogP contribution in [0.5, 0.6) is 5.75 Å². The van der Waals surface area contributed by atoms with E-state index in [0.29, 0.717) is 37.7 Å². The van der Waals surface area contributed by atoms with Crippen molar-refractivity contribution in [2.24, 2.45) is 56.0 Å². The number of hydrogen-bond acceptors (Lipinski definition) is 12. The van der Waals surface area contributed by atoms with Crippen LogP contribution in [0.4, 0.5) is 0 Å². The van der Waals surface area contributed by atoms with Crippen molar-refractivity contribution in [2.45, 2.75) is 121 Å². The molecule has 23 nitrogen and oxygen atoms in total. The first kappa shape index (κ1) is 53.9. The van der Waals surface area contributed by atoms with Gasteiger partial charge in [0, 0.05) is 39.1 Å². The number of benzene rings is 1. The maximum Gasteiger partial charge on any atom is 0.246 e. The first-order valence-electron chi connectivity index (χ1n) is 21.7. The number of nitrogens with one attached hydrogen (secondary N) is 4. The van der Waals surface area contributed by atoms with Crippen molar-refractivity contribution in [2.75, 3.05) is 39.3 Å². The molecule has 0 bridgehead atoms. The second-order valence-corrected chi connectivity index (χ2v) is 16.0. The lowest BCUT2D eigenvalue weighted by Gasteiger charge is -2.30. The molecule has 0 aliphatic carbocycles. The normalized spacial score (nSPS) is 16.1. The lowest BCUT2D eigenvalue weighted by molar-refractivity contribution is -0.140. The van der Waals surface area contributed by atoms with E-state index >= 15 is 0 Å². The first-order chi connectivity index (χ1) is 30.3. The van der Waals surface area contributed by atoms with Gasteiger partial charge in [-0.25, -0.2) is 0 Å².